The smallest absolute Gasteiger partial charge is 0.326 e. The Kier molecular flexibility index (Phi) is 4.49. The van der Waals surface area contributed by atoms with Crippen molar-refractivity contribution in [1.82, 2.24) is 5.32 Å². The minimum absolute atomic E-state index is 0.269. The normalized spacial score (nSPS) is 12.6. The third kappa shape index (κ3) is 3.81. The van der Waals surface area contributed by atoms with Crippen molar-refractivity contribution in [2.24, 2.45) is 11.1 Å². The predicted molar refractivity (Wildman–Crippen MR) is 73.3 cm³/mol. The zero-order valence-electron chi connectivity index (χ0n) is 11.6. The number of nitrogens with one attached hydrogen (secondary N) is 1. The van der Waals surface area contributed by atoms with Crippen LogP contribution in [0.25, 0.3) is 0 Å². The average Bonchev–Trinajstić information content (AvgIpc) is 2.33. The van der Waals surface area contributed by atoms with Crippen LogP contribution in [0.2, 0.25) is 0 Å². The molecular formula is C14H18N2O4. The Morgan fingerprint density at radius 2 is 1.55 bits per heavy atom. The summed E-state index contributed by atoms with van der Waals surface area (Å²) in [6.07, 6.45) is 0. The maximum absolute atomic E-state index is 12.0. The molecule has 1 atom stereocenters. The van der Waals surface area contributed by atoms with Crippen molar-refractivity contribution in [2.75, 3.05) is 0 Å². The van der Waals surface area contributed by atoms with Crippen LogP contribution >= 0.6 is 0 Å². The van der Waals surface area contributed by atoms with E-state index in [9.17, 15) is 14.4 Å². The molecule has 0 radical (unpaired) electrons. The molecule has 0 aliphatic heterocycles. The summed E-state index contributed by atoms with van der Waals surface area (Å²) < 4.78 is 0. The first-order valence-corrected chi connectivity index (χ1v) is 6.06. The van der Waals surface area contributed by atoms with Crippen LogP contribution < -0.4 is 11.1 Å². The van der Waals surface area contributed by atoms with Crippen molar-refractivity contribution >= 4 is 17.8 Å². The van der Waals surface area contributed by atoms with Gasteiger partial charge in [0.05, 0.1) is 0 Å². The number of rotatable bonds is 4. The van der Waals surface area contributed by atoms with Gasteiger partial charge in [-0.25, -0.2) is 4.79 Å². The largest absolute Gasteiger partial charge is 0.480 e. The van der Waals surface area contributed by atoms with E-state index in [4.69, 9.17) is 10.8 Å². The number of primary amides is 1. The van der Waals surface area contributed by atoms with Crippen LogP contribution in [0.1, 0.15) is 41.5 Å². The van der Waals surface area contributed by atoms with E-state index in [1.165, 1.54) is 24.3 Å². The molecule has 4 N–H and O–H groups in total. The fourth-order valence-electron chi connectivity index (χ4n) is 1.65. The van der Waals surface area contributed by atoms with E-state index in [2.05, 4.69) is 5.32 Å². The van der Waals surface area contributed by atoms with Crippen LogP contribution in [0, 0.1) is 5.41 Å². The maximum atomic E-state index is 12.0. The van der Waals surface area contributed by atoms with Gasteiger partial charge in [-0.2, -0.15) is 0 Å². The number of carboxylic acids is 1. The second kappa shape index (κ2) is 5.73. The van der Waals surface area contributed by atoms with Crippen LogP contribution in [0.15, 0.2) is 24.3 Å². The highest BCUT2D eigenvalue weighted by Gasteiger charge is 2.32. The molecule has 0 saturated carbocycles. The van der Waals surface area contributed by atoms with Gasteiger partial charge in [0.15, 0.2) is 0 Å². The predicted octanol–water partition coefficient (Wildman–Crippen LogP) is 1.01. The van der Waals surface area contributed by atoms with Gasteiger partial charge in [-0.05, 0) is 29.7 Å². The highest BCUT2D eigenvalue weighted by atomic mass is 16.4. The Morgan fingerprint density at radius 1 is 1.10 bits per heavy atom. The maximum Gasteiger partial charge on any atom is 0.326 e. The molecule has 0 aromatic heterocycles. The number of aliphatic carboxylic acids is 1. The van der Waals surface area contributed by atoms with Crippen molar-refractivity contribution in [3.8, 4) is 0 Å². The summed E-state index contributed by atoms with van der Waals surface area (Å²) in [5.41, 5.74) is 5.04. The van der Waals surface area contributed by atoms with Crippen LogP contribution in [0.3, 0.4) is 0 Å². The van der Waals surface area contributed by atoms with Gasteiger partial charge in [-0.3, -0.25) is 9.59 Å². The summed E-state index contributed by atoms with van der Waals surface area (Å²) in [6, 6.07) is 4.69. The Balaban J connectivity index is 2.90. The van der Waals surface area contributed by atoms with Gasteiger partial charge in [0.2, 0.25) is 5.91 Å². The third-order valence-electron chi connectivity index (χ3n) is 2.82. The van der Waals surface area contributed by atoms with E-state index in [0.717, 1.165) is 0 Å². The Bertz CT molecular complexity index is 529. The van der Waals surface area contributed by atoms with E-state index in [1.807, 2.05) is 0 Å². The molecule has 0 saturated heterocycles. The lowest BCUT2D eigenvalue weighted by atomic mass is 9.86. The third-order valence-corrected chi connectivity index (χ3v) is 2.82. The van der Waals surface area contributed by atoms with Gasteiger partial charge < -0.3 is 16.2 Å². The number of amides is 2. The van der Waals surface area contributed by atoms with Crippen LogP contribution in [0.5, 0.6) is 0 Å². The van der Waals surface area contributed by atoms with Gasteiger partial charge in [0, 0.05) is 11.1 Å². The molecule has 0 fully saturated rings. The molecule has 0 spiro atoms. The van der Waals surface area contributed by atoms with Gasteiger partial charge in [-0.15, -0.1) is 0 Å². The number of benzene rings is 1. The Hall–Kier alpha value is -2.37. The summed E-state index contributed by atoms with van der Waals surface area (Å²) >= 11 is 0. The van der Waals surface area contributed by atoms with Gasteiger partial charge in [-0.1, -0.05) is 20.8 Å². The van der Waals surface area contributed by atoms with E-state index in [-0.39, 0.29) is 11.1 Å². The number of carbonyl (C=O) groups is 3. The number of hydrogen-bond acceptors (Lipinski definition) is 3. The Labute approximate surface area is 117 Å². The zero-order chi connectivity index (χ0) is 15.5. The molecule has 1 aromatic rings. The number of carboxylic acid groups (broad SMARTS) is 1. The zero-order valence-corrected chi connectivity index (χ0v) is 11.6. The molecule has 6 nitrogen and oxygen atoms in total. The second-order valence-electron chi connectivity index (χ2n) is 5.55. The molecule has 0 aliphatic rings. The molecule has 2 amide bonds. The van der Waals surface area contributed by atoms with Crippen LogP contribution in [-0.4, -0.2) is 28.9 Å². The van der Waals surface area contributed by atoms with E-state index in [0.29, 0.717) is 0 Å². The topological polar surface area (TPSA) is 109 Å². The standard InChI is InChI=1S/C14H18N2O4/c1-14(2,3)10(13(19)20)16-12(18)9-6-4-8(5-7-9)11(15)17/h4-7,10H,1-3H3,(H2,15,17)(H,16,18)(H,19,20)/t10-/m1/s1. The fourth-order valence-corrected chi connectivity index (χ4v) is 1.65. The van der Waals surface area contributed by atoms with Gasteiger partial charge in [0.25, 0.3) is 5.91 Å². The minimum Gasteiger partial charge on any atom is -0.480 e. The van der Waals surface area contributed by atoms with E-state index < -0.39 is 29.2 Å². The van der Waals surface area contributed by atoms with E-state index >= 15 is 0 Å². The lowest BCUT2D eigenvalue weighted by Gasteiger charge is -2.27. The summed E-state index contributed by atoms with van der Waals surface area (Å²) in [5, 5.41) is 11.6. The number of nitrogens with two attached hydrogens (primary N) is 1. The van der Waals surface area contributed by atoms with E-state index in [1.54, 1.807) is 20.8 Å². The first kappa shape index (κ1) is 15.7. The first-order valence-electron chi connectivity index (χ1n) is 6.06. The van der Waals surface area contributed by atoms with Crippen molar-refractivity contribution in [3.05, 3.63) is 35.4 Å². The van der Waals surface area contributed by atoms with Crippen LogP contribution in [-0.2, 0) is 4.79 Å². The second-order valence-corrected chi connectivity index (χ2v) is 5.55. The van der Waals surface area contributed by atoms with Crippen molar-refractivity contribution in [2.45, 2.75) is 26.8 Å². The van der Waals surface area contributed by atoms with Gasteiger partial charge in [0.1, 0.15) is 6.04 Å². The number of carbonyl (C=O) groups excluding carboxylic acids is 2. The van der Waals surface area contributed by atoms with Gasteiger partial charge >= 0.3 is 5.97 Å². The monoisotopic (exact) mass is 278 g/mol. The molecular weight excluding hydrogens is 260 g/mol. The SMILES string of the molecule is CC(C)(C)[C@H](NC(=O)c1ccc(C(N)=O)cc1)C(=O)O. The lowest BCUT2D eigenvalue weighted by molar-refractivity contribution is -0.142. The van der Waals surface area contributed by atoms with Crippen LogP contribution in [0.4, 0.5) is 0 Å². The summed E-state index contributed by atoms with van der Waals surface area (Å²) in [5.74, 6) is -2.20. The van der Waals surface area contributed by atoms with Crippen molar-refractivity contribution in [3.63, 3.8) is 0 Å². The number of hydrogen-bond donors (Lipinski definition) is 3. The molecule has 1 aromatic carbocycles. The Morgan fingerprint density at radius 3 is 1.90 bits per heavy atom. The highest BCUT2D eigenvalue weighted by Crippen LogP contribution is 2.20. The molecule has 0 bridgehead atoms. The summed E-state index contributed by atoms with van der Waals surface area (Å²) in [4.78, 5) is 34.1. The summed E-state index contributed by atoms with van der Waals surface area (Å²) in [6.45, 7) is 5.17. The van der Waals surface area contributed by atoms with Crippen molar-refractivity contribution in [1.29, 1.82) is 0 Å². The summed E-state index contributed by atoms with van der Waals surface area (Å²) in [7, 11) is 0. The molecule has 0 aliphatic carbocycles. The molecule has 0 heterocycles. The molecule has 108 valence electrons. The highest BCUT2D eigenvalue weighted by molar-refractivity contribution is 5.98. The molecule has 20 heavy (non-hydrogen) atoms. The molecule has 0 unspecified atom stereocenters. The first-order chi connectivity index (χ1) is 9.12. The molecule has 1 rings (SSSR count). The minimum atomic E-state index is -1.10. The quantitative estimate of drug-likeness (QED) is 0.763. The average molecular weight is 278 g/mol. The lowest BCUT2D eigenvalue weighted by Crippen LogP contribution is -2.49. The van der Waals surface area contributed by atoms with Crippen molar-refractivity contribution < 1.29 is 19.5 Å². The molecule has 6 heteroatoms. The fraction of sp³-hybridized carbons (Fsp3) is 0.357.